The largest absolute Gasteiger partial charge is 0.456 e. The Bertz CT molecular complexity index is 649. The van der Waals surface area contributed by atoms with Gasteiger partial charge in [-0.25, -0.2) is 4.79 Å². The van der Waals surface area contributed by atoms with Gasteiger partial charge in [-0.3, -0.25) is 4.79 Å². The van der Waals surface area contributed by atoms with E-state index >= 15 is 0 Å². The SMILES string of the molecule is CC[NH+](CC)CCOC(=O)c1ccc(NC(=O)c2cccs2)cc1. The molecule has 128 valence electrons. The van der Waals surface area contributed by atoms with Crippen LogP contribution < -0.4 is 10.2 Å². The molecule has 6 heteroatoms. The Labute approximate surface area is 146 Å². The van der Waals surface area contributed by atoms with Crippen molar-refractivity contribution < 1.29 is 19.2 Å². The van der Waals surface area contributed by atoms with Crippen LogP contribution in [0.1, 0.15) is 33.9 Å². The Morgan fingerprint density at radius 2 is 1.83 bits per heavy atom. The molecule has 2 aromatic rings. The van der Waals surface area contributed by atoms with E-state index in [1.807, 2.05) is 11.4 Å². The van der Waals surface area contributed by atoms with Gasteiger partial charge >= 0.3 is 5.97 Å². The predicted molar refractivity (Wildman–Crippen MR) is 95.9 cm³/mol. The number of esters is 1. The molecule has 1 aromatic heterocycles. The summed E-state index contributed by atoms with van der Waals surface area (Å²) in [4.78, 5) is 26.0. The van der Waals surface area contributed by atoms with Gasteiger partial charge in [-0.05, 0) is 49.6 Å². The number of hydrogen-bond acceptors (Lipinski definition) is 4. The second-order valence-corrected chi connectivity index (χ2v) is 6.30. The topological polar surface area (TPSA) is 59.8 Å². The van der Waals surface area contributed by atoms with E-state index in [0.717, 1.165) is 19.6 Å². The van der Waals surface area contributed by atoms with Crippen LogP contribution in [0.25, 0.3) is 0 Å². The van der Waals surface area contributed by atoms with Gasteiger partial charge in [-0.2, -0.15) is 0 Å². The van der Waals surface area contributed by atoms with Crippen molar-refractivity contribution in [3.05, 3.63) is 52.2 Å². The van der Waals surface area contributed by atoms with Crippen LogP contribution in [0.2, 0.25) is 0 Å². The molecule has 1 aromatic carbocycles. The Morgan fingerprint density at radius 3 is 2.42 bits per heavy atom. The standard InChI is InChI=1S/C18H22N2O3S/c1-3-20(4-2)11-12-23-18(22)14-7-9-15(10-8-14)19-17(21)16-6-5-13-24-16/h5-10,13H,3-4,11-12H2,1-2H3,(H,19,21)/p+1. The first-order valence-corrected chi connectivity index (χ1v) is 8.97. The number of anilines is 1. The Kier molecular flexibility index (Phi) is 6.96. The number of benzene rings is 1. The van der Waals surface area contributed by atoms with Gasteiger partial charge < -0.3 is 15.0 Å². The zero-order valence-corrected chi connectivity index (χ0v) is 14.8. The lowest BCUT2D eigenvalue weighted by atomic mass is 10.2. The summed E-state index contributed by atoms with van der Waals surface area (Å²) in [5.41, 5.74) is 1.14. The molecule has 5 nitrogen and oxygen atoms in total. The number of carbonyl (C=O) groups is 2. The van der Waals surface area contributed by atoms with E-state index < -0.39 is 0 Å². The number of carbonyl (C=O) groups excluding carboxylic acids is 2. The minimum atomic E-state index is -0.335. The van der Waals surface area contributed by atoms with E-state index in [-0.39, 0.29) is 11.9 Å². The molecule has 0 atom stereocenters. The molecule has 0 aliphatic heterocycles. The number of rotatable bonds is 8. The molecule has 0 radical (unpaired) electrons. The molecule has 2 rings (SSSR count). The van der Waals surface area contributed by atoms with E-state index in [0.29, 0.717) is 22.7 Å². The van der Waals surface area contributed by atoms with Gasteiger partial charge in [-0.1, -0.05) is 6.07 Å². The summed E-state index contributed by atoms with van der Waals surface area (Å²) in [5, 5.41) is 4.65. The maximum atomic E-state index is 12.0. The number of thiophene rings is 1. The minimum absolute atomic E-state index is 0.150. The first kappa shape index (κ1) is 18.2. The van der Waals surface area contributed by atoms with Crippen molar-refractivity contribution in [3.8, 4) is 0 Å². The van der Waals surface area contributed by atoms with Crippen molar-refractivity contribution in [1.29, 1.82) is 0 Å². The lowest BCUT2D eigenvalue weighted by Crippen LogP contribution is -3.11. The van der Waals surface area contributed by atoms with Crippen molar-refractivity contribution in [1.82, 2.24) is 0 Å². The monoisotopic (exact) mass is 347 g/mol. The highest BCUT2D eigenvalue weighted by molar-refractivity contribution is 7.12. The molecular formula is C18H23N2O3S+. The summed E-state index contributed by atoms with van der Waals surface area (Å²) in [6.45, 7) is 7.49. The van der Waals surface area contributed by atoms with Crippen molar-refractivity contribution in [2.45, 2.75) is 13.8 Å². The lowest BCUT2D eigenvalue weighted by Gasteiger charge is -2.15. The summed E-state index contributed by atoms with van der Waals surface area (Å²) < 4.78 is 5.30. The average Bonchev–Trinajstić information content (AvgIpc) is 3.14. The third-order valence-electron chi connectivity index (χ3n) is 3.81. The number of likely N-dealkylation sites (N-methyl/N-ethyl adjacent to an activating group) is 1. The summed E-state index contributed by atoms with van der Waals surface area (Å²) in [6, 6.07) is 10.3. The highest BCUT2D eigenvalue weighted by Gasteiger charge is 2.11. The molecule has 0 fully saturated rings. The highest BCUT2D eigenvalue weighted by Crippen LogP contribution is 2.14. The van der Waals surface area contributed by atoms with Crippen molar-refractivity contribution in [3.63, 3.8) is 0 Å². The first-order chi connectivity index (χ1) is 11.6. The fourth-order valence-electron chi connectivity index (χ4n) is 2.27. The number of nitrogens with one attached hydrogen (secondary N) is 2. The third-order valence-corrected chi connectivity index (χ3v) is 4.68. The van der Waals surface area contributed by atoms with Crippen LogP contribution in [0.3, 0.4) is 0 Å². The van der Waals surface area contributed by atoms with Crippen LogP contribution in [0.4, 0.5) is 5.69 Å². The Balaban J connectivity index is 1.84. The smallest absolute Gasteiger partial charge is 0.338 e. The van der Waals surface area contributed by atoms with Gasteiger partial charge in [0.05, 0.1) is 23.5 Å². The summed E-state index contributed by atoms with van der Waals surface area (Å²) in [6.07, 6.45) is 0. The van der Waals surface area contributed by atoms with E-state index in [1.165, 1.54) is 16.2 Å². The van der Waals surface area contributed by atoms with Crippen LogP contribution in [0.15, 0.2) is 41.8 Å². The van der Waals surface area contributed by atoms with E-state index in [4.69, 9.17) is 4.74 Å². The minimum Gasteiger partial charge on any atom is -0.456 e. The Morgan fingerprint density at radius 1 is 1.12 bits per heavy atom. The van der Waals surface area contributed by atoms with E-state index in [9.17, 15) is 9.59 Å². The quantitative estimate of drug-likeness (QED) is 0.719. The Hall–Kier alpha value is -2.18. The molecule has 0 aliphatic rings. The van der Waals surface area contributed by atoms with Crippen LogP contribution >= 0.6 is 11.3 Å². The fraction of sp³-hybridized carbons (Fsp3) is 0.333. The van der Waals surface area contributed by atoms with Gasteiger partial charge in [0.25, 0.3) is 5.91 Å². The molecule has 24 heavy (non-hydrogen) atoms. The molecule has 0 unspecified atom stereocenters. The maximum absolute atomic E-state index is 12.0. The van der Waals surface area contributed by atoms with Crippen LogP contribution in [0.5, 0.6) is 0 Å². The van der Waals surface area contributed by atoms with Gasteiger partial charge in [0.2, 0.25) is 0 Å². The summed E-state index contributed by atoms with van der Waals surface area (Å²) in [7, 11) is 0. The molecule has 0 bridgehead atoms. The summed E-state index contributed by atoms with van der Waals surface area (Å²) in [5.74, 6) is -0.486. The van der Waals surface area contributed by atoms with Crippen molar-refractivity contribution in [2.24, 2.45) is 0 Å². The number of hydrogen-bond donors (Lipinski definition) is 2. The zero-order chi connectivity index (χ0) is 17.4. The molecule has 0 spiro atoms. The first-order valence-electron chi connectivity index (χ1n) is 8.09. The lowest BCUT2D eigenvalue weighted by molar-refractivity contribution is -0.896. The van der Waals surface area contributed by atoms with Gasteiger partial charge in [0.1, 0.15) is 13.2 Å². The second kappa shape index (κ2) is 9.20. The molecule has 0 saturated heterocycles. The van der Waals surface area contributed by atoms with E-state index in [1.54, 1.807) is 30.3 Å². The average molecular weight is 347 g/mol. The van der Waals surface area contributed by atoms with Gasteiger partial charge in [0, 0.05) is 5.69 Å². The normalized spacial score (nSPS) is 10.6. The number of amides is 1. The fourth-order valence-corrected chi connectivity index (χ4v) is 2.88. The summed E-state index contributed by atoms with van der Waals surface area (Å²) >= 11 is 1.39. The molecule has 2 N–H and O–H groups in total. The maximum Gasteiger partial charge on any atom is 0.338 e. The van der Waals surface area contributed by atoms with Crippen LogP contribution in [0, 0.1) is 0 Å². The van der Waals surface area contributed by atoms with Crippen molar-refractivity contribution >= 4 is 28.9 Å². The van der Waals surface area contributed by atoms with E-state index in [2.05, 4.69) is 19.2 Å². The highest BCUT2D eigenvalue weighted by atomic mass is 32.1. The number of quaternary nitrogens is 1. The number of ether oxygens (including phenoxy) is 1. The van der Waals surface area contributed by atoms with Crippen LogP contribution in [-0.4, -0.2) is 38.1 Å². The third kappa shape index (κ3) is 5.18. The molecule has 1 heterocycles. The van der Waals surface area contributed by atoms with Crippen LogP contribution in [-0.2, 0) is 4.74 Å². The van der Waals surface area contributed by atoms with Crippen molar-refractivity contribution in [2.75, 3.05) is 31.6 Å². The second-order valence-electron chi connectivity index (χ2n) is 5.35. The van der Waals surface area contributed by atoms with Gasteiger partial charge in [0.15, 0.2) is 0 Å². The zero-order valence-electron chi connectivity index (χ0n) is 14.0. The molecular weight excluding hydrogens is 324 g/mol. The molecule has 1 amide bonds. The molecule has 0 saturated carbocycles. The molecule has 0 aliphatic carbocycles. The van der Waals surface area contributed by atoms with Gasteiger partial charge in [-0.15, -0.1) is 11.3 Å². The predicted octanol–water partition coefficient (Wildman–Crippen LogP) is 2.08.